The summed E-state index contributed by atoms with van der Waals surface area (Å²) in [7, 11) is 0. The molecule has 0 unspecified atom stereocenters. The maximum absolute atomic E-state index is 12.6. The van der Waals surface area contributed by atoms with E-state index in [1.807, 2.05) is 30.3 Å². The Morgan fingerprint density at radius 3 is 2.55 bits per heavy atom. The molecule has 1 aromatic heterocycles. The highest BCUT2D eigenvalue weighted by Gasteiger charge is 2.15. The number of nitriles is 1. The predicted octanol–water partition coefficient (Wildman–Crippen LogP) is 5.74. The topological polar surface area (TPSA) is 67.9 Å². The van der Waals surface area contributed by atoms with Gasteiger partial charge in [0.1, 0.15) is 24.0 Å². The van der Waals surface area contributed by atoms with E-state index in [4.69, 9.17) is 16.3 Å². The van der Waals surface area contributed by atoms with Crippen LogP contribution < -0.4 is 4.74 Å². The van der Waals surface area contributed by atoms with E-state index >= 15 is 0 Å². The summed E-state index contributed by atoms with van der Waals surface area (Å²) in [6, 6.07) is 16.5. The third-order valence-corrected chi connectivity index (χ3v) is 5.00. The molecule has 5 nitrogen and oxygen atoms in total. The smallest absolute Gasteiger partial charge is 0.289 e. The summed E-state index contributed by atoms with van der Waals surface area (Å²) in [4.78, 5) is 12.6. The lowest BCUT2D eigenvalue weighted by atomic mass is 10.1. The van der Waals surface area contributed by atoms with E-state index in [1.165, 1.54) is 10.8 Å². The van der Waals surface area contributed by atoms with Crippen LogP contribution in [0.3, 0.4) is 0 Å². The van der Waals surface area contributed by atoms with Gasteiger partial charge < -0.3 is 4.74 Å². The minimum absolute atomic E-state index is 0.00191. The van der Waals surface area contributed by atoms with E-state index in [0.29, 0.717) is 28.6 Å². The number of halogens is 2. The molecule has 146 valence electrons. The maximum Gasteiger partial charge on any atom is 0.289 e. The molecular formula is C22H17BrClN3O2. The molecule has 0 radical (unpaired) electrons. The zero-order valence-corrected chi connectivity index (χ0v) is 18.2. The molecule has 0 spiro atoms. The van der Waals surface area contributed by atoms with Crippen LogP contribution in [0.5, 0.6) is 5.75 Å². The van der Waals surface area contributed by atoms with Gasteiger partial charge in [-0.25, -0.2) is 4.68 Å². The first kappa shape index (κ1) is 20.8. The Morgan fingerprint density at radius 1 is 1.24 bits per heavy atom. The van der Waals surface area contributed by atoms with Gasteiger partial charge in [-0.15, -0.1) is 0 Å². The zero-order chi connectivity index (χ0) is 21.0. The first-order valence-electron chi connectivity index (χ1n) is 8.74. The molecule has 0 fully saturated rings. The van der Waals surface area contributed by atoms with E-state index in [9.17, 15) is 10.1 Å². The van der Waals surface area contributed by atoms with E-state index < -0.39 is 5.91 Å². The Kier molecular flexibility index (Phi) is 6.53. The summed E-state index contributed by atoms with van der Waals surface area (Å²) in [6.07, 6.45) is 1.53. The molecule has 0 N–H and O–H groups in total. The lowest BCUT2D eigenvalue weighted by Gasteiger charge is -2.09. The van der Waals surface area contributed by atoms with Gasteiger partial charge in [-0.2, -0.15) is 10.4 Å². The van der Waals surface area contributed by atoms with Gasteiger partial charge in [-0.1, -0.05) is 29.8 Å². The molecule has 0 atom stereocenters. The summed E-state index contributed by atoms with van der Waals surface area (Å²) in [5.41, 5.74) is 3.09. The number of carbonyl (C=O) groups excluding carboxylic acids is 1. The highest BCUT2D eigenvalue weighted by Crippen LogP contribution is 2.28. The number of rotatable bonds is 5. The normalized spacial score (nSPS) is 11.2. The zero-order valence-electron chi connectivity index (χ0n) is 15.8. The number of aromatic nitrogens is 2. The number of hydrogen-bond acceptors (Lipinski definition) is 4. The number of ether oxygens (including phenoxy) is 1. The van der Waals surface area contributed by atoms with Crippen LogP contribution in [-0.4, -0.2) is 15.7 Å². The third-order valence-electron chi connectivity index (χ3n) is 4.13. The lowest BCUT2D eigenvalue weighted by Crippen LogP contribution is -2.15. The molecule has 0 aliphatic heterocycles. The summed E-state index contributed by atoms with van der Waals surface area (Å²) in [6.45, 7) is 3.97. The monoisotopic (exact) mass is 469 g/mol. The third kappa shape index (κ3) is 5.14. The van der Waals surface area contributed by atoms with Crippen molar-refractivity contribution in [3.05, 3.63) is 86.1 Å². The molecule has 0 bridgehead atoms. The van der Waals surface area contributed by atoms with Crippen molar-refractivity contribution in [3.63, 3.8) is 0 Å². The molecule has 3 aromatic rings. The van der Waals surface area contributed by atoms with Crippen molar-refractivity contribution in [3.8, 4) is 11.8 Å². The first-order chi connectivity index (χ1) is 13.9. The van der Waals surface area contributed by atoms with Crippen LogP contribution >= 0.6 is 27.5 Å². The van der Waals surface area contributed by atoms with Gasteiger partial charge in [0.25, 0.3) is 5.91 Å². The molecule has 0 amide bonds. The van der Waals surface area contributed by atoms with Gasteiger partial charge in [0, 0.05) is 10.7 Å². The molecule has 29 heavy (non-hydrogen) atoms. The summed E-state index contributed by atoms with van der Waals surface area (Å²) < 4.78 is 7.79. The molecule has 2 aromatic carbocycles. The second-order valence-corrected chi connectivity index (χ2v) is 7.71. The average Bonchev–Trinajstić information content (AvgIpc) is 3.04. The van der Waals surface area contributed by atoms with E-state index in [-0.39, 0.29) is 5.57 Å². The van der Waals surface area contributed by atoms with Crippen LogP contribution in [0, 0.1) is 25.2 Å². The van der Waals surface area contributed by atoms with Gasteiger partial charge in [0.2, 0.25) is 0 Å². The van der Waals surface area contributed by atoms with Crippen LogP contribution in [0.1, 0.15) is 27.3 Å². The molecule has 0 saturated carbocycles. The minimum atomic E-state index is -0.461. The summed E-state index contributed by atoms with van der Waals surface area (Å²) in [5, 5.41) is 14.3. The van der Waals surface area contributed by atoms with Gasteiger partial charge >= 0.3 is 0 Å². The highest BCUT2D eigenvalue weighted by atomic mass is 79.9. The number of hydrogen-bond donors (Lipinski definition) is 0. The van der Waals surface area contributed by atoms with Gasteiger partial charge in [-0.05, 0) is 77.3 Å². The Hall–Kier alpha value is -2.88. The minimum Gasteiger partial charge on any atom is -0.488 e. The first-order valence-corrected chi connectivity index (χ1v) is 9.91. The molecular weight excluding hydrogens is 454 g/mol. The SMILES string of the molecule is Cc1cc(C)n(C(=O)/C(C#N)=C/c2ccc(OCc3ccc(Cl)cc3)c(Br)c2)n1. The van der Waals surface area contributed by atoms with Gasteiger partial charge in [-0.3, -0.25) is 4.79 Å². The fourth-order valence-electron chi connectivity index (χ4n) is 2.72. The Labute approximate surface area is 182 Å². The van der Waals surface area contributed by atoms with Crippen LogP contribution in [0.2, 0.25) is 5.02 Å². The van der Waals surface area contributed by atoms with Crippen molar-refractivity contribution in [2.45, 2.75) is 20.5 Å². The predicted molar refractivity (Wildman–Crippen MR) is 116 cm³/mol. The fourth-order valence-corrected chi connectivity index (χ4v) is 3.36. The Balaban J connectivity index is 1.77. The second-order valence-electron chi connectivity index (χ2n) is 6.42. The molecule has 7 heteroatoms. The number of nitrogens with zero attached hydrogens (tertiary/aromatic N) is 3. The van der Waals surface area contributed by atoms with E-state index in [0.717, 1.165) is 15.7 Å². The number of benzene rings is 2. The molecule has 0 aliphatic carbocycles. The standard InChI is InChI=1S/C22H17BrClN3O2/c1-14-9-15(2)27(26-14)22(28)18(12-25)10-17-5-8-21(20(23)11-17)29-13-16-3-6-19(24)7-4-16/h3-11H,13H2,1-2H3/b18-10+. The number of allylic oxidation sites excluding steroid dienone is 1. The maximum atomic E-state index is 12.6. The van der Waals surface area contributed by atoms with Gasteiger partial charge in [0.05, 0.1) is 10.2 Å². The van der Waals surface area contributed by atoms with Crippen molar-refractivity contribution in [2.24, 2.45) is 0 Å². The largest absolute Gasteiger partial charge is 0.488 e. The van der Waals surface area contributed by atoms with E-state index in [1.54, 1.807) is 38.1 Å². The Bertz CT molecular complexity index is 1130. The quantitative estimate of drug-likeness (QED) is 0.352. The second kappa shape index (κ2) is 9.08. The molecule has 0 saturated heterocycles. The molecule has 3 rings (SSSR count). The van der Waals surface area contributed by atoms with Crippen LogP contribution in [0.15, 0.2) is 58.6 Å². The van der Waals surface area contributed by atoms with Crippen LogP contribution in [0.25, 0.3) is 6.08 Å². The van der Waals surface area contributed by atoms with Crippen molar-refractivity contribution in [2.75, 3.05) is 0 Å². The lowest BCUT2D eigenvalue weighted by molar-refractivity contribution is 0.0943. The average molecular weight is 471 g/mol. The van der Waals surface area contributed by atoms with E-state index in [2.05, 4.69) is 21.0 Å². The summed E-state index contributed by atoms with van der Waals surface area (Å²) in [5.74, 6) is 0.192. The van der Waals surface area contributed by atoms with Crippen molar-refractivity contribution < 1.29 is 9.53 Å². The number of aryl methyl sites for hydroxylation is 2. The van der Waals surface area contributed by atoms with Crippen molar-refractivity contribution >= 4 is 39.5 Å². The highest BCUT2D eigenvalue weighted by molar-refractivity contribution is 9.10. The fraction of sp³-hybridized carbons (Fsp3) is 0.136. The van der Waals surface area contributed by atoms with Gasteiger partial charge in [0.15, 0.2) is 0 Å². The molecule has 1 heterocycles. The van der Waals surface area contributed by atoms with Crippen molar-refractivity contribution in [1.82, 2.24) is 9.78 Å². The Morgan fingerprint density at radius 2 is 1.97 bits per heavy atom. The van der Waals surface area contributed by atoms with Crippen LogP contribution in [0.4, 0.5) is 0 Å². The van der Waals surface area contributed by atoms with Crippen molar-refractivity contribution in [1.29, 1.82) is 5.26 Å². The number of carbonyl (C=O) groups is 1. The summed E-state index contributed by atoms with van der Waals surface area (Å²) >= 11 is 9.37. The van der Waals surface area contributed by atoms with Crippen LogP contribution in [-0.2, 0) is 6.61 Å². The molecule has 0 aliphatic rings.